The number of rotatable bonds is 8. The van der Waals surface area contributed by atoms with Gasteiger partial charge in [-0.05, 0) is 24.1 Å². The summed E-state index contributed by atoms with van der Waals surface area (Å²) in [5, 5.41) is 0. The fourth-order valence-corrected chi connectivity index (χ4v) is 5.01. The van der Waals surface area contributed by atoms with Gasteiger partial charge in [-0.1, -0.05) is 13.8 Å². The number of carbonyl (C=O) groups is 1. The lowest BCUT2D eigenvalue weighted by Gasteiger charge is -2.44. The maximum absolute atomic E-state index is 14.1. The minimum Gasteiger partial charge on any atom is -0.383 e. The highest BCUT2D eigenvalue weighted by atomic mass is 32.2. The first-order chi connectivity index (χ1) is 17.6. The summed E-state index contributed by atoms with van der Waals surface area (Å²) in [6.07, 6.45) is -3.07. The van der Waals surface area contributed by atoms with Gasteiger partial charge in [0.25, 0.3) is 5.91 Å². The number of halogens is 4. The SMILES string of the molecule is COCCN(C)C(=O)c1cnc(N2CCN(c3ccc(F)c(S(C)(=O)=O)c3)CC2C(C)C)nc1C(F)(F)F. The number of carbonyl (C=O) groups excluding carboxylic acids is 1. The molecular weight excluding hydrogens is 530 g/mol. The Morgan fingerprint density at radius 1 is 1.26 bits per heavy atom. The van der Waals surface area contributed by atoms with E-state index in [9.17, 15) is 30.8 Å². The Balaban J connectivity index is 1.94. The minimum absolute atomic E-state index is 0.0629. The Hall–Kier alpha value is -3.00. The molecule has 3 rings (SSSR count). The third-order valence-electron chi connectivity index (χ3n) is 6.38. The van der Waals surface area contributed by atoms with E-state index >= 15 is 0 Å². The van der Waals surface area contributed by atoms with E-state index in [0.29, 0.717) is 18.8 Å². The number of sulfone groups is 1. The highest BCUT2D eigenvalue weighted by Gasteiger charge is 2.40. The summed E-state index contributed by atoms with van der Waals surface area (Å²) in [7, 11) is -1.01. The second kappa shape index (κ2) is 11.4. The van der Waals surface area contributed by atoms with E-state index in [2.05, 4.69) is 9.97 Å². The van der Waals surface area contributed by atoms with Crippen LogP contribution in [0.5, 0.6) is 0 Å². The maximum Gasteiger partial charge on any atom is 0.434 e. The minimum atomic E-state index is -4.89. The van der Waals surface area contributed by atoms with Crippen LogP contribution in [0.3, 0.4) is 0 Å². The van der Waals surface area contributed by atoms with Gasteiger partial charge in [-0.25, -0.2) is 22.8 Å². The predicted molar refractivity (Wildman–Crippen MR) is 134 cm³/mol. The second-order valence-corrected chi connectivity index (χ2v) is 11.5. The Bertz CT molecular complexity index is 1270. The average Bonchev–Trinajstić information content (AvgIpc) is 2.85. The van der Waals surface area contributed by atoms with Crippen LogP contribution in [-0.4, -0.2) is 88.4 Å². The molecule has 1 unspecified atom stereocenters. The van der Waals surface area contributed by atoms with Gasteiger partial charge in [0.2, 0.25) is 5.95 Å². The van der Waals surface area contributed by atoms with Crippen molar-refractivity contribution < 1.29 is 35.5 Å². The summed E-state index contributed by atoms with van der Waals surface area (Å²) in [4.78, 5) is 24.8. The summed E-state index contributed by atoms with van der Waals surface area (Å²) in [6.45, 7) is 4.84. The van der Waals surface area contributed by atoms with Crippen molar-refractivity contribution in [2.45, 2.75) is 31.0 Å². The molecule has 38 heavy (non-hydrogen) atoms. The molecule has 14 heteroatoms. The van der Waals surface area contributed by atoms with Crippen molar-refractivity contribution in [2.24, 2.45) is 5.92 Å². The van der Waals surface area contributed by atoms with Gasteiger partial charge in [0.05, 0.1) is 18.2 Å². The van der Waals surface area contributed by atoms with Gasteiger partial charge < -0.3 is 19.4 Å². The van der Waals surface area contributed by atoms with Gasteiger partial charge >= 0.3 is 6.18 Å². The first-order valence-corrected chi connectivity index (χ1v) is 13.7. The van der Waals surface area contributed by atoms with Crippen LogP contribution in [0.25, 0.3) is 0 Å². The molecule has 2 heterocycles. The number of anilines is 2. The van der Waals surface area contributed by atoms with E-state index in [1.807, 2.05) is 18.7 Å². The molecular formula is C24H31F4N5O4S. The lowest BCUT2D eigenvalue weighted by Crippen LogP contribution is -2.56. The average molecular weight is 562 g/mol. The van der Waals surface area contributed by atoms with Crippen molar-refractivity contribution in [1.29, 1.82) is 0 Å². The van der Waals surface area contributed by atoms with E-state index in [-0.39, 0.29) is 37.6 Å². The number of alkyl halides is 3. The van der Waals surface area contributed by atoms with Crippen LogP contribution in [0, 0.1) is 11.7 Å². The Morgan fingerprint density at radius 3 is 2.53 bits per heavy atom. The monoisotopic (exact) mass is 561 g/mol. The Kier molecular flexibility index (Phi) is 8.86. The van der Waals surface area contributed by atoms with Crippen molar-refractivity contribution in [2.75, 3.05) is 63.0 Å². The van der Waals surface area contributed by atoms with Gasteiger partial charge in [0.15, 0.2) is 15.5 Å². The van der Waals surface area contributed by atoms with E-state index in [0.717, 1.165) is 23.4 Å². The summed E-state index contributed by atoms with van der Waals surface area (Å²) in [5.74, 6) is -1.95. The molecule has 1 aromatic heterocycles. The van der Waals surface area contributed by atoms with E-state index in [1.165, 1.54) is 26.3 Å². The molecule has 0 radical (unpaired) electrons. The largest absolute Gasteiger partial charge is 0.434 e. The predicted octanol–water partition coefficient (Wildman–Crippen LogP) is 3.11. The zero-order chi connectivity index (χ0) is 28.4. The molecule has 210 valence electrons. The van der Waals surface area contributed by atoms with Crippen molar-refractivity contribution in [3.8, 4) is 0 Å². The van der Waals surface area contributed by atoms with Crippen LogP contribution in [-0.2, 0) is 20.8 Å². The number of methoxy groups -OCH3 is 1. The molecule has 0 N–H and O–H groups in total. The lowest BCUT2D eigenvalue weighted by atomic mass is 9.99. The highest BCUT2D eigenvalue weighted by molar-refractivity contribution is 7.90. The third-order valence-corrected chi connectivity index (χ3v) is 7.49. The Labute approximate surface area is 219 Å². The molecule has 2 aromatic rings. The first-order valence-electron chi connectivity index (χ1n) is 11.8. The number of benzene rings is 1. The summed E-state index contributed by atoms with van der Waals surface area (Å²) < 4.78 is 84.9. The quantitative estimate of drug-likeness (QED) is 0.454. The number of hydrogen-bond acceptors (Lipinski definition) is 8. The molecule has 1 atom stereocenters. The topological polar surface area (TPSA) is 95.9 Å². The highest BCUT2D eigenvalue weighted by Crippen LogP contribution is 2.34. The number of nitrogens with zero attached hydrogens (tertiary/aromatic N) is 5. The molecule has 1 aliphatic rings. The van der Waals surface area contributed by atoms with Crippen molar-refractivity contribution >= 4 is 27.4 Å². The fraction of sp³-hybridized carbons (Fsp3) is 0.542. The summed E-state index contributed by atoms with van der Waals surface area (Å²) in [5.41, 5.74) is -1.49. The number of amides is 1. The van der Waals surface area contributed by atoms with Crippen LogP contribution >= 0.6 is 0 Å². The van der Waals surface area contributed by atoms with E-state index < -0.39 is 43.9 Å². The zero-order valence-corrected chi connectivity index (χ0v) is 22.6. The number of aromatic nitrogens is 2. The van der Waals surface area contributed by atoms with Crippen LogP contribution in [0.4, 0.5) is 29.2 Å². The number of likely N-dealkylation sites (N-methyl/N-ethyl adjacent to an activating group) is 1. The van der Waals surface area contributed by atoms with Crippen LogP contribution < -0.4 is 9.80 Å². The van der Waals surface area contributed by atoms with Gasteiger partial charge in [0, 0.05) is 58.5 Å². The molecule has 1 amide bonds. The number of piperazine rings is 1. The van der Waals surface area contributed by atoms with Crippen LogP contribution in [0.15, 0.2) is 29.3 Å². The molecule has 0 aliphatic carbocycles. The molecule has 0 saturated carbocycles. The first kappa shape index (κ1) is 29.6. The van der Waals surface area contributed by atoms with Crippen molar-refractivity contribution in [3.05, 3.63) is 41.5 Å². The molecule has 1 fully saturated rings. The second-order valence-electron chi connectivity index (χ2n) is 9.49. The molecule has 1 saturated heterocycles. The van der Waals surface area contributed by atoms with Crippen molar-refractivity contribution in [1.82, 2.24) is 14.9 Å². The number of ether oxygens (including phenoxy) is 1. The summed E-state index contributed by atoms with van der Waals surface area (Å²) in [6, 6.07) is 3.45. The summed E-state index contributed by atoms with van der Waals surface area (Å²) >= 11 is 0. The van der Waals surface area contributed by atoms with Crippen molar-refractivity contribution in [3.63, 3.8) is 0 Å². The smallest absolute Gasteiger partial charge is 0.383 e. The van der Waals surface area contributed by atoms with Gasteiger partial charge in [-0.15, -0.1) is 0 Å². The molecule has 0 bridgehead atoms. The van der Waals surface area contributed by atoms with Gasteiger partial charge in [-0.3, -0.25) is 4.79 Å². The third kappa shape index (κ3) is 6.52. The van der Waals surface area contributed by atoms with E-state index in [1.54, 1.807) is 4.90 Å². The molecule has 9 nitrogen and oxygen atoms in total. The maximum atomic E-state index is 14.1. The van der Waals surface area contributed by atoms with Crippen LogP contribution in [0.2, 0.25) is 0 Å². The normalized spacial score (nSPS) is 16.7. The fourth-order valence-electron chi connectivity index (χ4n) is 4.26. The molecule has 0 spiro atoms. The zero-order valence-electron chi connectivity index (χ0n) is 21.8. The van der Waals surface area contributed by atoms with Gasteiger partial charge in [-0.2, -0.15) is 13.2 Å². The molecule has 1 aromatic carbocycles. The lowest BCUT2D eigenvalue weighted by molar-refractivity contribution is -0.141. The molecule has 1 aliphatic heterocycles. The number of hydrogen-bond donors (Lipinski definition) is 0. The van der Waals surface area contributed by atoms with Crippen LogP contribution in [0.1, 0.15) is 29.9 Å². The van der Waals surface area contributed by atoms with Gasteiger partial charge in [0.1, 0.15) is 10.7 Å². The van der Waals surface area contributed by atoms with E-state index in [4.69, 9.17) is 4.74 Å². The Morgan fingerprint density at radius 2 is 1.95 bits per heavy atom. The standard InChI is InChI=1S/C24H31F4N5O4S/c1-15(2)19-14-32(16-6-7-18(25)20(12-16)38(5,35)36)8-9-33(19)23-29-13-17(21(30-23)24(26,27)28)22(34)31(3)10-11-37-4/h6-7,12-13,15,19H,8-11,14H2,1-5H3.